The summed E-state index contributed by atoms with van der Waals surface area (Å²) < 4.78 is 10.6. The van der Waals surface area contributed by atoms with Gasteiger partial charge in [-0.05, 0) is 43.7 Å². The van der Waals surface area contributed by atoms with Gasteiger partial charge in [0.1, 0.15) is 11.5 Å². The van der Waals surface area contributed by atoms with Gasteiger partial charge in [0.25, 0.3) is 5.91 Å². The zero-order valence-electron chi connectivity index (χ0n) is 15.0. The highest BCUT2D eigenvalue weighted by molar-refractivity contribution is 5.78. The fourth-order valence-corrected chi connectivity index (χ4v) is 3.26. The van der Waals surface area contributed by atoms with Crippen molar-refractivity contribution in [1.82, 2.24) is 10.2 Å². The molecule has 2 aliphatic rings. The second-order valence-corrected chi connectivity index (χ2v) is 7.12. The number of nitrogens with zero attached hydrogens (tertiary/aromatic N) is 1. The Labute approximate surface area is 153 Å². The lowest BCUT2D eigenvalue weighted by molar-refractivity contribution is -0.140. The average molecular weight is 362 g/mol. The van der Waals surface area contributed by atoms with E-state index in [2.05, 4.69) is 10.2 Å². The molecule has 1 amide bonds. The number of methoxy groups -OCH3 is 1. The van der Waals surface area contributed by atoms with Gasteiger partial charge in [-0.25, -0.2) is 0 Å². The first-order chi connectivity index (χ1) is 12.5. The van der Waals surface area contributed by atoms with E-state index in [1.54, 1.807) is 25.3 Å². The van der Waals surface area contributed by atoms with Crippen LogP contribution in [0.3, 0.4) is 0 Å². The molecule has 0 unspecified atom stereocenters. The first-order valence-electron chi connectivity index (χ1n) is 9.05. The maximum Gasteiger partial charge on any atom is 0.317 e. The number of carbonyl (C=O) groups is 2. The number of hydrogen-bond acceptors (Lipinski definition) is 5. The summed E-state index contributed by atoms with van der Waals surface area (Å²) in [6.07, 6.45) is 3.99. The van der Waals surface area contributed by atoms with Crippen LogP contribution >= 0.6 is 0 Å². The molecule has 1 aromatic carbocycles. The zero-order chi connectivity index (χ0) is 18.5. The van der Waals surface area contributed by atoms with Gasteiger partial charge in [0.05, 0.1) is 13.7 Å². The summed E-state index contributed by atoms with van der Waals surface area (Å²) in [6.45, 7) is 0.895. The summed E-state index contributed by atoms with van der Waals surface area (Å²) in [6, 6.07) is 7.46. The lowest BCUT2D eigenvalue weighted by Gasteiger charge is -2.42. The van der Waals surface area contributed by atoms with Crippen LogP contribution in [0.1, 0.15) is 25.7 Å². The third-order valence-electron chi connectivity index (χ3n) is 4.93. The quantitative estimate of drug-likeness (QED) is 0.656. The minimum absolute atomic E-state index is 0.0464. The molecule has 0 atom stereocenters. The molecule has 3 rings (SSSR count). The van der Waals surface area contributed by atoms with Crippen LogP contribution in [0.2, 0.25) is 0 Å². The van der Waals surface area contributed by atoms with Gasteiger partial charge in [-0.2, -0.15) is 0 Å². The topological polar surface area (TPSA) is 88.1 Å². The van der Waals surface area contributed by atoms with Crippen molar-refractivity contribution >= 4 is 11.9 Å². The number of hydrogen-bond donors (Lipinski definition) is 2. The summed E-state index contributed by atoms with van der Waals surface area (Å²) in [5.41, 5.74) is 0. The zero-order valence-corrected chi connectivity index (χ0v) is 15.0. The number of aliphatic carboxylic acids is 1. The average Bonchev–Trinajstić information content (AvgIpc) is 3.39. The van der Waals surface area contributed by atoms with Crippen LogP contribution in [0.25, 0.3) is 0 Å². The van der Waals surface area contributed by atoms with Crippen molar-refractivity contribution in [2.75, 3.05) is 26.8 Å². The molecule has 2 N–H and O–H groups in total. The number of carboxylic acid groups (broad SMARTS) is 1. The van der Waals surface area contributed by atoms with Crippen LogP contribution < -0.4 is 14.8 Å². The standard InChI is InChI=1S/C19H26N2O5/c1-25-16-3-2-4-17(9-16)26-12-18(22)20-14-7-15(8-14)21(11-19(23)24)10-13-5-6-13/h2-4,9,13-15H,5-8,10-12H2,1H3,(H,20,22)(H,23,24). The van der Waals surface area contributed by atoms with Crippen molar-refractivity contribution in [2.24, 2.45) is 5.92 Å². The first kappa shape index (κ1) is 18.5. The fraction of sp³-hybridized carbons (Fsp3) is 0.579. The van der Waals surface area contributed by atoms with Crippen molar-refractivity contribution in [3.05, 3.63) is 24.3 Å². The summed E-state index contributed by atoms with van der Waals surface area (Å²) in [4.78, 5) is 25.1. The molecule has 0 radical (unpaired) electrons. The third-order valence-corrected chi connectivity index (χ3v) is 4.93. The van der Waals surface area contributed by atoms with Gasteiger partial charge >= 0.3 is 5.97 Å². The first-order valence-corrected chi connectivity index (χ1v) is 9.05. The number of carbonyl (C=O) groups excluding carboxylic acids is 1. The molecule has 7 nitrogen and oxygen atoms in total. The highest BCUT2D eigenvalue weighted by Crippen LogP contribution is 2.33. The maximum absolute atomic E-state index is 12.0. The molecule has 0 saturated heterocycles. The second kappa shape index (κ2) is 8.40. The van der Waals surface area contributed by atoms with E-state index in [4.69, 9.17) is 14.6 Å². The van der Waals surface area contributed by atoms with Crippen molar-refractivity contribution in [3.63, 3.8) is 0 Å². The Morgan fingerprint density at radius 3 is 2.65 bits per heavy atom. The predicted molar refractivity (Wildman–Crippen MR) is 95.4 cm³/mol. The van der Waals surface area contributed by atoms with E-state index in [0.29, 0.717) is 17.4 Å². The van der Waals surface area contributed by atoms with Crippen molar-refractivity contribution < 1.29 is 24.2 Å². The Morgan fingerprint density at radius 2 is 2.00 bits per heavy atom. The Morgan fingerprint density at radius 1 is 1.27 bits per heavy atom. The van der Waals surface area contributed by atoms with Gasteiger partial charge in [-0.1, -0.05) is 6.07 Å². The molecule has 142 valence electrons. The monoisotopic (exact) mass is 362 g/mol. The SMILES string of the molecule is COc1cccc(OCC(=O)NC2CC(N(CC(=O)O)CC3CC3)C2)c1. The molecule has 0 aliphatic heterocycles. The number of benzene rings is 1. The van der Waals surface area contributed by atoms with E-state index < -0.39 is 5.97 Å². The molecule has 1 aromatic rings. The van der Waals surface area contributed by atoms with Gasteiger partial charge in [-0.3, -0.25) is 14.5 Å². The Bertz CT molecular complexity index is 641. The molecule has 0 aromatic heterocycles. The van der Waals surface area contributed by atoms with Gasteiger partial charge in [-0.15, -0.1) is 0 Å². The molecule has 0 bridgehead atoms. The van der Waals surface area contributed by atoms with E-state index >= 15 is 0 Å². The highest BCUT2D eigenvalue weighted by atomic mass is 16.5. The van der Waals surface area contributed by atoms with Crippen LogP contribution in [0.4, 0.5) is 0 Å². The second-order valence-electron chi connectivity index (χ2n) is 7.12. The minimum Gasteiger partial charge on any atom is -0.497 e. The molecule has 2 aliphatic carbocycles. The van der Waals surface area contributed by atoms with E-state index in [0.717, 1.165) is 19.4 Å². The van der Waals surface area contributed by atoms with Crippen molar-refractivity contribution in [2.45, 2.75) is 37.8 Å². The Hall–Kier alpha value is -2.28. The number of amides is 1. The molecular formula is C19H26N2O5. The van der Waals surface area contributed by atoms with E-state index in [1.165, 1.54) is 12.8 Å². The van der Waals surface area contributed by atoms with E-state index in [-0.39, 0.29) is 31.1 Å². The molecule has 0 heterocycles. The van der Waals surface area contributed by atoms with Crippen LogP contribution in [-0.2, 0) is 9.59 Å². The Balaban J connectivity index is 1.38. The highest BCUT2D eigenvalue weighted by Gasteiger charge is 2.37. The molecule has 0 spiro atoms. The van der Waals surface area contributed by atoms with Gasteiger partial charge in [0, 0.05) is 24.7 Å². The summed E-state index contributed by atoms with van der Waals surface area (Å²) in [7, 11) is 1.58. The third kappa shape index (κ3) is 5.36. The normalized spacial score (nSPS) is 21.8. The number of ether oxygens (including phenoxy) is 2. The van der Waals surface area contributed by atoms with Crippen molar-refractivity contribution in [1.29, 1.82) is 0 Å². The largest absolute Gasteiger partial charge is 0.497 e. The Kier molecular flexibility index (Phi) is 5.98. The van der Waals surface area contributed by atoms with Crippen LogP contribution in [0.15, 0.2) is 24.3 Å². The van der Waals surface area contributed by atoms with Crippen LogP contribution in [0.5, 0.6) is 11.5 Å². The maximum atomic E-state index is 12.0. The molecule has 2 fully saturated rings. The fourth-order valence-electron chi connectivity index (χ4n) is 3.26. The van der Waals surface area contributed by atoms with Crippen LogP contribution in [0, 0.1) is 5.92 Å². The smallest absolute Gasteiger partial charge is 0.317 e. The van der Waals surface area contributed by atoms with Gasteiger partial charge in [0.15, 0.2) is 6.61 Å². The minimum atomic E-state index is -0.787. The van der Waals surface area contributed by atoms with E-state index in [1.807, 2.05) is 6.07 Å². The molecular weight excluding hydrogens is 336 g/mol. The molecule has 7 heteroatoms. The van der Waals surface area contributed by atoms with Crippen molar-refractivity contribution in [3.8, 4) is 11.5 Å². The van der Waals surface area contributed by atoms with Crippen LogP contribution in [-0.4, -0.2) is 60.8 Å². The lowest BCUT2D eigenvalue weighted by atomic mass is 9.85. The van der Waals surface area contributed by atoms with E-state index in [9.17, 15) is 9.59 Å². The molecule has 26 heavy (non-hydrogen) atoms. The number of carboxylic acids is 1. The van der Waals surface area contributed by atoms with Gasteiger partial charge < -0.3 is 19.9 Å². The summed E-state index contributed by atoms with van der Waals surface area (Å²) >= 11 is 0. The summed E-state index contributed by atoms with van der Waals surface area (Å²) in [5.74, 6) is 0.967. The summed E-state index contributed by atoms with van der Waals surface area (Å²) in [5, 5.41) is 12.0. The predicted octanol–water partition coefficient (Wildman–Crippen LogP) is 1.52. The number of rotatable bonds is 10. The van der Waals surface area contributed by atoms with Gasteiger partial charge in [0.2, 0.25) is 0 Å². The lowest BCUT2D eigenvalue weighted by Crippen LogP contribution is -2.55. The number of nitrogens with one attached hydrogen (secondary N) is 1. The molecule has 2 saturated carbocycles.